The Hall–Kier alpha value is 0.532. The molecule has 4 aliphatic rings. The van der Waals surface area contributed by atoms with Crippen LogP contribution in [0.2, 0.25) is 19.1 Å². The zero-order valence-corrected chi connectivity index (χ0v) is 18.2. The van der Waals surface area contributed by atoms with Gasteiger partial charge in [-0.05, 0) is 0 Å². The summed E-state index contributed by atoms with van der Waals surface area (Å²) < 4.78 is 5.09. The molecule has 0 atom stereocenters. The average Bonchev–Trinajstić information content (AvgIpc) is 2.72. The molecule has 4 saturated carbocycles. The Morgan fingerprint density at radius 3 is 0.680 bits per heavy atom. The monoisotopic (exact) mass is 359 g/mol. The van der Waals surface area contributed by atoms with E-state index in [0.29, 0.717) is 0 Å². The molecule has 0 N–H and O–H groups in total. The van der Waals surface area contributed by atoms with Crippen molar-refractivity contribution in [2.24, 2.45) is 0 Å². The predicted molar refractivity (Wildman–Crippen MR) is 113 cm³/mol. The van der Waals surface area contributed by atoms with E-state index in [1.807, 2.05) is 0 Å². The first-order chi connectivity index (χ1) is 12.4. The van der Waals surface area contributed by atoms with Gasteiger partial charge in [-0.25, -0.2) is 0 Å². The van der Waals surface area contributed by atoms with E-state index in [2.05, 4.69) is 0 Å². The topological polar surface area (TPSA) is 0 Å². The van der Waals surface area contributed by atoms with Gasteiger partial charge in [0.25, 0.3) is 0 Å². The highest BCUT2D eigenvalue weighted by atomic mass is 27.2. The third-order valence-corrected chi connectivity index (χ3v) is 19.1. The Morgan fingerprint density at radius 1 is 0.280 bits per heavy atom. The summed E-state index contributed by atoms with van der Waals surface area (Å²) in [6.07, 6.45) is 32.4. The molecule has 144 valence electrons. The summed E-state index contributed by atoms with van der Waals surface area (Å²) in [4.78, 5) is 0. The van der Waals surface area contributed by atoms with Gasteiger partial charge in [-0.1, -0.05) is 128 Å². The van der Waals surface area contributed by atoms with Crippen molar-refractivity contribution in [2.75, 3.05) is 0 Å². The molecule has 0 bridgehead atoms. The van der Waals surface area contributed by atoms with Crippen molar-refractivity contribution in [3.63, 3.8) is 0 Å². The summed E-state index contributed by atoms with van der Waals surface area (Å²) in [7, 11) is 0. The van der Waals surface area contributed by atoms with Crippen LogP contribution in [0.1, 0.15) is 128 Å². The van der Waals surface area contributed by atoms with Gasteiger partial charge in [-0.2, -0.15) is 19.1 Å². The molecular formula is C24H44Al-. The van der Waals surface area contributed by atoms with Crippen molar-refractivity contribution in [2.45, 2.75) is 148 Å². The first-order valence-corrected chi connectivity index (χ1v) is 15.3. The highest BCUT2D eigenvalue weighted by Gasteiger charge is 2.52. The minimum Gasteiger partial charge on any atom is -0.179 e. The van der Waals surface area contributed by atoms with Crippen LogP contribution < -0.4 is 0 Å². The SMILES string of the molecule is C1CC[CH]([Al-]([CH]2CCCCC2)([CH]2CCCCC2)[CH]2CCCCC2)CC1. The van der Waals surface area contributed by atoms with E-state index in [0.717, 1.165) is 0 Å². The average molecular weight is 360 g/mol. The van der Waals surface area contributed by atoms with Gasteiger partial charge < -0.3 is 0 Å². The van der Waals surface area contributed by atoms with Crippen molar-refractivity contribution in [3.8, 4) is 0 Å². The maximum absolute atomic E-state index is 1.67. The fraction of sp³-hybridized carbons (Fsp3) is 1.00. The normalized spacial score (nSPS) is 29.8. The third-order valence-electron chi connectivity index (χ3n) is 9.87. The first-order valence-electron chi connectivity index (χ1n) is 12.6. The minimum atomic E-state index is -1.59. The Kier molecular flexibility index (Phi) is 6.91. The van der Waals surface area contributed by atoms with E-state index >= 15 is 0 Å². The van der Waals surface area contributed by atoms with E-state index in [9.17, 15) is 0 Å². The van der Waals surface area contributed by atoms with Crippen LogP contribution in [0.4, 0.5) is 0 Å². The van der Waals surface area contributed by atoms with Crippen LogP contribution >= 0.6 is 0 Å². The van der Waals surface area contributed by atoms with Crippen LogP contribution in [0.5, 0.6) is 0 Å². The Labute approximate surface area is 160 Å². The van der Waals surface area contributed by atoms with Crippen LogP contribution in [-0.4, -0.2) is 13.1 Å². The second-order valence-electron chi connectivity index (χ2n) is 10.7. The van der Waals surface area contributed by atoms with Crippen molar-refractivity contribution in [3.05, 3.63) is 0 Å². The van der Waals surface area contributed by atoms with Crippen LogP contribution in [0.25, 0.3) is 0 Å². The van der Waals surface area contributed by atoms with Crippen molar-refractivity contribution >= 4 is 13.1 Å². The molecule has 0 nitrogen and oxygen atoms in total. The molecule has 0 amide bonds. The summed E-state index contributed by atoms with van der Waals surface area (Å²) in [6.45, 7) is 0. The van der Waals surface area contributed by atoms with Gasteiger partial charge in [0, 0.05) is 0 Å². The lowest BCUT2D eigenvalue weighted by Crippen LogP contribution is -2.55. The van der Waals surface area contributed by atoms with Crippen LogP contribution in [0, 0.1) is 0 Å². The van der Waals surface area contributed by atoms with Crippen LogP contribution in [0.3, 0.4) is 0 Å². The molecule has 4 aliphatic carbocycles. The maximum atomic E-state index is 1.67. The third kappa shape index (κ3) is 3.90. The first kappa shape index (κ1) is 18.9. The Bertz CT molecular complexity index is 301. The zero-order chi connectivity index (χ0) is 17.0. The molecule has 0 aromatic rings. The highest BCUT2D eigenvalue weighted by Crippen LogP contribution is 2.63. The molecule has 4 fully saturated rings. The van der Waals surface area contributed by atoms with Crippen LogP contribution in [0.15, 0.2) is 0 Å². The van der Waals surface area contributed by atoms with E-state index in [-0.39, 0.29) is 0 Å². The highest BCUT2D eigenvalue weighted by molar-refractivity contribution is 6.85. The van der Waals surface area contributed by atoms with Gasteiger partial charge in [0.2, 0.25) is 0 Å². The van der Waals surface area contributed by atoms with E-state index in [1.54, 1.807) is 128 Å². The molecule has 0 aromatic carbocycles. The molecule has 0 heterocycles. The molecule has 25 heavy (non-hydrogen) atoms. The van der Waals surface area contributed by atoms with E-state index in [1.165, 1.54) is 19.1 Å². The van der Waals surface area contributed by atoms with Crippen LogP contribution in [-0.2, 0) is 0 Å². The number of hydrogen-bond acceptors (Lipinski definition) is 0. The second kappa shape index (κ2) is 9.15. The summed E-state index contributed by atoms with van der Waals surface area (Å²) in [5.74, 6) is 0. The van der Waals surface area contributed by atoms with Crippen molar-refractivity contribution in [1.82, 2.24) is 0 Å². The quantitative estimate of drug-likeness (QED) is 0.440. The van der Waals surface area contributed by atoms with E-state index < -0.39 is 13.1 Å². The van der Waals surface area contributed by atoms with Gasteiger partial charge in [-0.15, -0.1) is 0 Å². The molecule has 0 saturated heterocycles. The summed E-state index contributed by atoms with van der Waals surface area (Å²) in [5.41, 5.74) is 0. The van der Waals surface area contributed by atoms with Gasteiger partial charge in [0.15, 0.2) is 0 Å². The van der Waals surface area contributed by atoms with Gasteiger partial charge >= 0.3 is 0 Å². The van der Waals surface area contributed by atoms with Crippen molar-refractivity contribution < 1.29 is 0 Å². The van der Waals surface area contributed by atoms with E-state index in [4.69, 9.17) is 0 Å². The molecular weight excluding hydrogens is 315 g/mol. The molecule has 0 aromatic heterocycles. The fourth-order valence-electron chi connectivity index (χ4n) is 9.16. The summed E-state index contributed by atoms with van der Waals surface area (Å²) in [5, 5.41) is 0. The van der Waals surface area contributed by atoms with Crippen molar-refractivity contribution in [1.29, 1.82) is 0 Å². The van der Waals surface area contributed by atoms with Gasteiger partial charge in [0.1, 0.15) is 13.1 Å². The number of rotatable bonds is 4. The summed E-state index contributed by atoms with van der Waals surface area (Å²) >= 11 is -1.59. The smallest absolute Gasteiger partial charge is 0.147 e. The predicted octanol–water partition coefficient (Wildman–Crippen LogP) is 8.77. The lowest BCUT2D eigenvalue weighted by molar-refractivity contribution is 0.382. The van der Waals surface area contributed by atoms with Gasteiger partial charge in [-0.3, -0.25) is 0 Å². The maximum Gasteiger partial charge on any atom is 0.147 e. The molecule has 1 heteroatoms. The molecule has 0 aliphatic heterocycles. The Balaban J connectivity index is 1.70. The Morgan fingerprint density at radius 2 is 0.480 bits per heavy atom. The van der Waals surface area contributed by atoms with Gasteiger partial charge in [0.05, 0.1) is 0 Å². The molecule has 0 spiro atoms. The fourth-order valence-corrected chi connectivity index (χ4v) is 20.3. The number of hydrogen-bond donors (Lipinski definition) is 0. The molecule has 0 radical (unpaired) electrons. The standard InChI is InChI=1S/4C6H11.Al/c4*1-2-4-6-5-3-1;/h4*1H,2-6H2;/q;;;;-1. The minimum absolute atomic E-state index is 1.27. The lowest BCUT2D eigenvalue weighted by atomic mass is 9.97. The largest absolute Gasteiger partial charge is 0.179 e. The molecule has 0 unspecified atom stereocenters. The molecule has 4 rings (SSSR count). The summed E-state index contributed by atoms with van der Waals surface area (Å²) in [6, 6.07) is 0. The second-order valence-corrected chi connectivity index (χ2v) is 16.8. The zero-order valence-electron chi connectivity index (χ0n) is 17.0. The lowest BCUT2D eigenvalue weighted by Gasteiger charge is -2.63.